The second-order valence-corrected chi connectivity index (χ2v) is 7.23. The van der Waals surface area contributed by atoms with Gasteiger partial charge >= 0.3 is 0 Å². The molecule has 0 fully saturated rings. The average Bonchev–Trinajstić information content (AvgIpc) is 2.36. The molecule has 0 saturated heterocycles. The van der Waals surface area contributed by atoms with Crippen LogP contribution in [0.15, 0.2) is 29.2 Å². The van der Waals surface area contributed by atoms with Crippen LogP contribution in [0.5, 0.6) is 0 Å². The lowest BCUT2D eigenvalue weighted by molar-refractivity contribution is 0.122. The molecule has 1 aromatic carbocycles. The molecule has 0 spiro atoms. The van der Waals surface area contributed by atoms with Crippen LogP contribution < -0.4 is 10.5 Å². The van der Waals surface area contributed by atoms with Crippen LogP contribution in [0.3, 0.4) is 0 Å². The number of methoxy groups -OCH3 is 1. The lowest BCUT2D eigenvalue weighted by Gasteiger charge is -2.11. The number of sulfonamides is 1. The van der Waals surface area contributed by atoms with Gasteiger partial charge in [0.1, 0.15) is 0 Å². The van der Waals surface area contributed by atoms with Gasteiger partial charge in [0, 0.05) is 30.0 Å². The number of benzene rings is 1. The Bertz CT molecular complexity index is 492. The Balaban J connectivity index is 2.35. The predicted molar refractivity (Wildman–Crippen MR) is 79.8 cm³/mol. The van der Waals surface area contributed by atoms with E-state index in [0.717, 1.165) is 4.90 Å². The van der Waals surface area contributed by atoms with E-state index in [4.69, 9.17) is 10.5 Å². The lowest BCUT2D eigenvalue weighted by atomic mass is 10.3. The largest absolute Gasteiger partial charge is 0.399 e. The fourth-order valence-corrected chi connectivity index (χ4v) is 3.75. The molecule has 5 nitrogen and oxygen atoms in total. The summed E-state index contributed by atoms with van der Waals surface area (Å²) in [4.78, 5) is 0.973. The zero-order valence-corrected chi connectivity index (χ0v) is 12.8. The predicted octanol–water partition coefficient (Wildman–Crippen LogP) is 1.32. The van der Waals surface area contributed by atoms with Crippen molar-refractivity contribution in [1.29, 1.82) is 0 Å². The maximum atomic E-state index is 11.7. The Kier molecular flexibility index (Phi) is 6.64. The van der Waals surface area contributed by atoms with Crippen LogP contribution in [0.1, 0.15) is 6.92 Å². The summed E-state index contributed by atoms with van der Waals surface area (Å²) in [5.41, 5.74) is 6.34. The van der Waals surface area contributed by atoms with Gasteiger partial charge in [0.05, 0.1) is 11.9 Å². The Labute approximate surface area is 119 Å². The monoisotopic (exact) mass is 304 g/mol. The minimum absolute atomic E-state index is 0.0723. The molecule has 0 aliphatic heterocycles. The van der Waals surface area contributed by atoms with Gasteiger partial charge in [-0.1, -0.05) is 6.07 Å². The Morgan fingerprint density at radius 2 is 2.21 bits per heavy atom. The van der Waals surface area contributed by atoms with Crippen molar-refractivity contribution in [1.82, 2.24) is 4.72 Å². The minimum Gasteiger partial charge on any atom is -0.399 e. The first-order chi connectivity index (χ1) is 8.93. The summed E-state index contributed by atoms with van der Waals surface area (Å²) in [5, 5.41) is 0. The molecule has 19 heavy (non-hydrogen) atoms. The average molecular weight is 304 g/mol. The van der Waals surface area contributed by atoms with E-state index in [-0.39, 0.29) is 11.9 Å². The van der Waals surface area contributed by atoms with E-state index in [2.05, 4.69) is 4.72 Å². The second kappa shape index (κ2) is 7.74. The van der Waals surface area contributed by atoms with Crippen LogP contribution in [0, 0.1) is 0 Å². The van der Waals surface area contributed by atoms with Crippen LogP contribution in [0.2, 0.25) is 0 Å². The van der Waals surface area contributed by atoms with Crippen molar-refractivity contribution in [3.8, 4) is 0 Å². The summed E-state index contributed by atoms with van der Waals surface area (Å²) in [7, 11) is -1.70. The van der Waals surface area contributed by atoms with Gasteiger partial charge in [-0.3, -0.25) is 0 Å². The van der Waals surface area contributed by atoms with Crippen LogP contribution in [0.25, 0.3) is 0 Å². The highest BCUT2D eigenvalue weighted by atomic mass is 32.2. The van der Waals surface area contributed by atoms with Crippen LogP contribution in [-0.2, 0) is 14.8 Å². The quantitative estimate of drug-likeness (QED) is 0.559. The summed E-state index contributed by atoms with van der Waals surface area (Å²) >= 11 is 1.47. The molecule has 0 saturated carbocycles. The van der Waals surface area contributed by atoms with E-state index in [1.165, 1.54) is 11.8 Å². The van der Waals surface area contributed by atoms with Crippen molar-refractivity contribution in [3.63, 3.8) is 0 Å². The third kappa shape index (κ3) is 6.81. The molecule has 1 atom stereocenters. The fourth-order valence-electron chi connectivity index (χ4n) is 1.27. The third-order valence-electron chi connectivity index (χ3n) is 2.47. The van der Waals surface area contributed by atoms with Crippen LogP contribution >= 0.6 is 11.8 Å². The first-order valence-electron chi connectivity index (χ1n) is 5.91. The summed E-state index contributed by atoms with van der Waals surface area (Å²) in [6, 6.07) is 7.39. The van der Waals surface area contributed by atoms with E-state index in [0.29, 0.717) is 18.0 Å². The topological polar surface area (TPSA) is 81.4 Å². The second-order valence-electron chi connectivity index (χ2n) is 4.13. The first-order valence-corrected chi connectivity index (χ1v) is 8.55. The van der Waals surface area contributed by atoms with Crippen molar-refractivity contribution in [2.75, 3.05) is 30.9 Å². The highest BCUT2D eigenvalue weighted by Crippen LogP contribution is 2.20. The molecule has 0 bridgehead atoms. The standard InChI is InChI=1S/C12H20N2O3S2/c1-10(17-2)9-14-19(15,16)7-6-18-12-5-3-4-11(13)8-12/h3-5,8,10,14H,6-7,9,13H2,1-2H3. The molecule has 7 heteroatoms. The van der Waals surface area contributed by atoms with Crippen molar-refractivity contribution in [2.45, 2.75) is 17.9 Å². The summed E-state index contributed by atoms with van der Waals surface area (Å²) in [6.07, 6.45) is -0.128. The summed E-state index contributed by atoms with van der Waals surface area (Å²) in [5.74, 6) is 0.559. The highest BCUT2D eigenvalue weighted by Gasteiger charge is 2.11. The van der Waals surface area contributed by atoms with Gasteiger partial charge in [0.15, 0.2) is 0 Å². The number of nitrogens with two attached hydrogens (primary N) is 1. The molecule has 108 valence electrons. The van der Waals surface area contributed by atoms with Gasteiger partial charge in [0.25, 0.3) is 0 Å². The van der Waals surface area contributed by atoms with Crippen LogP contribution in [0.4, 0.5) is 5.69 Å². The minimum atomic E-state index is -3.25. The normalized spacial score (nSPS) is 13.4. The van der Waals surface area contributed by atoms with E-state index >= 15 is 0 Å². The lowest BCUT2D eigenvalue weighted by Crippen LogP contribution is -2.33. The number of ether oxygens (including phenoxy) is 1. The van der Waals surface area contributed by atoms with Gasteiger partial charge in [-0.05, 0) is 25.1 Å². The smallest absolute Gasteiger partial charge is 0.212 e. The van der Waals surface area contributed by atoms with Crippen LogP contribution in [-0.4, -0.2) is 39.7 Å². The molecular formula is C12H20N2O3S2. The molecule has 1 aromatic rings. The Morgan fingerprint density at radius 3 is 2.84 bits per heavy atom. The molecule has 0 amide bonds. The van der Waals surface area contributed by atoms with E-state index < -0.39 is 10.0 Å². The summed E-state index contributed by atoms with van der Waals surface area (Å²) < 4.78 is 30.9. The Hall–Kier alpha value is -0.760. The van der Waals surface area contributed by atoms with Gasteiger partial charge in [-0.15, -0.1) is 11.8 Å². The number of rotatable bonds is 8. The maximum absolute atomic E-state index is 11.7. The van der Waals surface area contributed by atoms with Gasteiger partial charge in [0.2, 0.25) is 10.0 Å². The molecule has 3 N–H and O–H groups in total. The molecule has 0 aliphatic rings. The zero-order chi connectivity index (χ0) is 14.3. The molecule has 0 aliphatic carbocycles. The van der Waals surface area contributed by atoms with Gasteiger partial charge in [-0.2, -0.15) is 0 Å². The van der Waals surface area contributed by atoms with Crippen molar-refractivity contribution >= 4 is 27.5 Å². The number of anilines is 1. The van der Waals surface area contributed by atoms with Crippen molar-refractivity contribution in [2.24, 2.45) is 0 Å². The highest BCUT2D eigenvalue weighted by molar-refractivity contribution is 8.00. The van der Waals surface area contributed by atoms with E-state index in [9.17, 15) is 8.42 Å². The number of hydrogen-bond acceptors (Lipinski definition) is 5. The molecule has 1 rings (SSSR count). The maximum Gasteiger partial charge on any atom is 0.212 e. The number of thioether (sulfide) groups is 1. The van der Waals surface area contributed by atoms with Gasteiger partial charge < -0.3 is 10.5 Å². The van der Waals surface area contributed by atoms with E-state index in [1.54, 1.807) is 13.2 Å². The van der Waals surface area contributed by atoms with Gasteiger partial charge in [-0.25, -0.2) is 13.1 Å². The van der Waals surface area contributed by atoms with Crippen molar-refractivity contribution in [3.05, 3.63) is 24.3 Å². The van der Waals surface area contributed by atoms with Crippen molar-refractivity contribution < 1.29 is 13.2 Å². The SMILES string of the molecule is COC(C)CNS(=O)(=O)CCSc1cccc(N)c1. The molecule has 1 unspecified atom stereocenters. The number of nitrogens with one attached hydrogen (secondary N) is 1. The molecular weight excluding hydrogens is 284 g/mol. The molecule has 0 radical (unpaired) electrons. The third-order valence-corrected chi connectivity index (χ3v) is 5.07. The fraction of sp³-hybridized carbons (Fsp3) is 0.500. The Morgan fingerprint density at radius 1 is 1.47 bits per heavy atom. The first kappa shape index (κ1) is 16.3. The molecule has 0 aromatic heterocycles. The summed E-state index contributed by atoms with van der Waals surface area (Å²) in [6.45, 7) is 2.10. The molecule has 0 heterocycles. The van der Waals surface area contributed by atoms with E-state index in [1.807, 2.05) is 25.1 Å². The number of nitrogen functional groups attached to an aromatic ring is 1. The number of hydrogen-bond donors (Lipinski definition) is 2. The zero-order valence-electron chi connectivity index (χ0n) is 11.1.